The molecule has 3 aromatic heterocycles. The lowest BCUT2D eigenvalue weighted by atomic mass is 10.2. The number of aryl methyl sites for hydroxylation is 2. The third kappa shape index (κ3) is 1.70. The smallest absolute Gasteiger partial charge is 0.264 e. The molecule has 0 saturated heterocycles. The fraction of sp³-hybridized carbons (Fsp3) is 0.188. The Morgan fingerprint density at radius 2 is 2.05 bits per heavy atom. The molecule has 0 fully saturated rings. The van der Waals surface area contributed by atoms with Gasteiger partial charge in [0.1, 0.15) is 0 Å². The maximum absolute atomic E-state index is 12.5. The van der Waals surface area contributed by atoms with Gasteiger partial charge in [0.05, 0.1) is 12.7 Å². The lowest BCUT2D eigenvalue weighted by Crippen LogP contribution is -2.26. The van der Waals surface area contributed by atoms with E-state index in [1.54, 1.807) is 22.2 Å². The number of rotatable bonds is 2. The molecular weight excluding hydrogens is 278 g/mol. The van der Waals surface area contributed by atoms with Gasteiger partial charge >= 0.3 is 5.69 Å². The number of benzene rings is 1. The van der Waals surface area contributed by atoms with Gasteiger partial charge in [-0.1, -0.05) is 25.1 Å². The van der Waals surface area contributed by atoms with Crippen molar-refractivity contribution in [1.29, 1.82) is 0 Å². The third-order valence-corrected chi connectivity index (χ3v) is 3.96. The van der Waals surface area contributed by atoms with Gasteiger partial charge in [-0.05, 0) is 18.6 Å². The quantitative estimate of drug-likeness (QED) is 0.609. The fourth-order valence-electron chi connectivity index (χ4n) is 2.74. The molecule has 4 aromatic rings. The molecule has 0 spiro atoms. The SMILES string of the molecule is CCc1cn2c(=O)n(C)c3[nH+]c(-c4ccccc4)[nH]c3c2n1. The number of nitrogens with zero attached hydrogens (tertiary/aromatic N) is 3. The van der Waals surface area contributed by atoms with Crippen molar-refractivity contribution in [1.82, 2.24) is 18.9 Å². The first-order valence-electron chi connectivity index (χ1n) is 7.26. The highest BCUT2D eigenvalue weighted by atomic mass is 16.1. The predicted octanol–water partition coefficient (Wildman–Crippen LogP) is 1.56. The average molecular weight is 294 g/mol. The molecule has 22 heavy (non-hydrogen) atoms. The van der Waals surface area contributed by atoms with E-state index in [0.29, 0.717) is 5.65 Å². The summed E-state index contributed by atoms with van der Waals surface area (Å²) in [6.45, 7) is 2.03. The molecule has 0 unspecified atom stereocenters. The lowest BCUT2D eigenvalue weighted by molar-refractivity contribution is -0.335. The molecule has 0 aliphatic carbocycles. The minimum atomic E-state index is -0.107. The first-order valence-corrected chi connectivity index (χ1v) is 7.26. The van der Waals surface area contributed by atoms with Crippen LogP contribution in [0.25, 0.3) is 28.2 Å². The maximum atomic E-state index is 12.5. The first-order chi connectivity index (χ1) is 10.7. The Morgan fingerprint density at radius 1 is 1.27 bits per heavy atom. The van der Waals surface area contributed by atoms with Gasteiger partial charge in [-0.3, -0.25) is 4.98 Å². The third-order valence-electron chi connectivity index (χ3n) is 3.96. The molecule has 0 aliphatic heterocycles. The van der Waals surface area contributed by atoms with Crippen LogP contribution in [0.5, 0.6) is 0 Å². The van der Waals surface area contributed by atoms with Crippen LogP contribution in [0.3, 0.4) is 0 Å². The first kappa shape index (κ1) is 12.8. The Kier molecular flexibility index (Phi) is 2.66. The van der Waals surface area contributed by atoms with E-state index in [0.717, 1.165) is 34.7 Å². The van der Waals surface area contributed by atoms with Gasteiger partial charge in [0.25, 0.3) is 5.65 Å². The van der Waals surface area contributed by atoms with Crippen LogP contribution in [-0.4, -0.2) is 18.9 Å². The van der Waals surface area contributed by atoms with Crippen LogP contribution in [0, 0.1) is 0 Å². The van der Waals surface area contributed by atoms with Crippen LogP contribution in [0.2, 0.25) is 0 Å². The second kappa shape index (κ2) is 4.56. The van der Waals surface area contributed by atoms with Gasteiger partial charge in [-0.2, -0.15) is 0 Å². The van der Waals surface area contributed by atoms with Gasteiger partial charge in [0.2, 0.25) is 11.3 Å². The summed E-state index contributed by atoms with van der Waals surface area (Å²) < 4.78 is 3.20. The number of hydrogen-bond donors (Lipinski definition) is 1. The van der Waals surface area contributed by atoms with Crippen molar-refractivity contribution in [2.75, 3.05) is 0 Å². The summed E-state index contributed by atoms with van der Waals surface area (Å²) in [7, 11) is 1.76. The summed E-state index contributed by atoms with van der Waals surface area (Å²) in [5.74, 6) is 0.861. The minimum Gasteiger partial charge on any atom is -0.264 e. The van der Waals surface area contributed by atoms with E-state index in [1.807, 2.05) is 37.3 Å². The zero-order chi connectivity index (χ0) is 15.3. The molecule has 3 heterocycles. The van der Waals surface area contributed by atoms with E-state index in [9.17, 15) is 4.79 Å². The standard InChI is InChI=1S/C16H15N5O/c1-3-11-9-21-15(17-11)12-14(20(2)16(21)22)19-13(18-12)10-7-5-4-6-8-10/h4-9H,3H2,1-2H3,(H,18,19)/p+1. The molecule has 1 aromatic carbocycles. The highest BCUT2D eigenvalue weighted by Crippen LogP contribution is 2.18. The Labute approximate surface area is 126 Å². The van der Waals surface area contributed by atoms with Crippen LogP contribution >= 0.6 is 0 Å². The van der Waals surface area contributed by atoms with Crippen LogP contribution < -0.4 is 10.7 Å². The molecule has 0 aliphatic rings. The second-order valence-corrected chi connectivity index (χ2v) is 5.34. The number of H-pyrrole nitrogens is 2. The maximum Gasteiger partial charge on any atom is 0.392 e. The Morgan fingerprint density at radius 3 is 2.77 bits per heavy atom. The van der Waals surface area contributed by atoms with Crippen molar-refractivity contribution >= 4 is 16.8 Å². The zero-order valence-electron chi connectivity index (χ0n) is 12.4. The van der Waals surface area contributed by atoms with E-state index in [1.165, 1.54) is 0 Å². The number of fused-ring (bicyclic) bond motifs is 3. The fourth-order valence-corrected chi connectivity index (χ4v) is 2.74. The van der Waals surface area contributed by atoms with Gasteiger partial charge in [0.15, 0.2) is 5.65 Å². The van der Waals surface area contributed by atoms with Crippen molar-refractivity contribution in [2.45, 2.75) is 13.3 Å². The van der Waals surface area contributed by atoms with Crippen LogP contribution in [-0.2, 0) is 13.5 Å². The molecule has 0 bridgehead atoms. The van der Waals surface area contributed by atoms with E-state index in [4.69, 9.17) is 0 Å². The largest absolute Gasteiger partial charge is 0.392 e. The summed E-state index contributed by atoms with van der Waals surface area (Å²) in [6.07, 6.45) is 2.60. The summed E-state index contributed by atoms with van der Waals surface area (Å²) in [4.78, 5) is 23.7. The number of aromatic amines is 2. The predicted molar refractivity (Wildman–Crippen MR) is 83.7 cm³/mol. The minimum absolute atomic E-state index is 0.107. The van der Waals surface area contributed by atoms with E-state index >= 15 is 0 Å². The number of imidazole rings is 2. The highest BCUT2D eigenvalue weighted by molar-refractivity contribution is 5.85. The molecule has 0 amide bonds. The second-order valence-electron chi connectivity index (χ2n) is 5.34. The van der Waals surface area contributed by atoms with Gasteiger partial charge in [0, 0.05) is 11.8 Å². The van der Waals surface area contributed by atoms with Gasteiger partial charge < -0.3 is 0 Å². The number of nitrogens with one attached hydrogen (secondary N) is 2. The molecule has 2 N–H and O–H groups in total. The molecule has 0 atom stereocenters. The van der Waals surface area contributed by atoms with Gasteiger partial charge in [-0.15, -0.1) is 0 Å². The van der Waals surface area contributed by atoms with Crippen molar-refractivity contribution < 1.29 is 4.98 Å². The van der Waals surface area contributed by atoms with Gasteiger partial charge in [-0.25, -0.2) is 23.7 Å². The number of aromatic nitrogens is 5. The Bertz CT molecular complexity index is 1040. The van der Waals surface area contributed by atoms with Crippen LogP contribution in [0.15, 0.2) is 41.3 Å². The normalized spacial score (nSPS) is 11.5. The molecule has 110 valence electrons. The molecule has 0 saturated carbocycles. The molecule has 6 heteroatoms. The van der Waals surface area contributed by atoms with E-state index < -0.39 is 0 Å². The Balaban J connectivity index is 2.11. The molecule has 0 radical (unpaired) electrons. The summed E-state index contributed by atoms with van der Waals surface area (Å²) in [6, 6.07) is 9.96. The summed E-state index contributed by atoms with van der Waals surface area (Å²) >= 11 is 0. The summed E-state index contributed by atoms with van der Waals surface area (Å²) in [5, 5.41) is 0. The monoisotopic (exact) mass is 294 g/mol. The Hall–Kier alpha value is -2.89. The van der Waals surface area contributed by atoms with Crippen molar-refractivity contribution in [3.05, 3.63) is 52.7 Å². The van der Waals surface area contributed by atoms with Crippen molar-refractivity contribution in [3.63, 3.8) is 0 Å². The average Bonchev–Trinajstić information content (AvgIpc) is 3.17. The lowest BCUT2D eigenvalue weighted by Gasteiger charge is -1.94. The number of hydrogen-bond acceptors (Lipinski definition) is 2. The van der Waals surface area contributed by atoms with Crippen molar-refractivity contribution in [3.8, 4) is 11.4 Å². The van der Waals surface area contributed by atoms with E-state index in [-0.39, 0.29) is 5.69 Å². The highest BCUT2D eigenvalue weighted by Gasteiger charge is 2.21. The van der Waals surface area contributed by atoms with Crippen LogP contribution in [0.1, 0.15) is 12.6 Å². The van der Waals surface area contributed by atoms with Crippen LogP contribution in [0.4, 0.5) is 0 Å². The topological polar surface area (TPSA) is 69.2 Å². The zero-order valence-corrected chi connectivity index (χ0v) is 12.4. The molecule has 4 rings (SSSR count). The summed E-state index contributed by atoms with van der Waals surface area (Å²) in [5.41, 5.74) is 4.07. The molecular formula is C16H16N5O+. The van der Waals surface area contributed by atoms with E-state index in [2.05, 4.69) is 15.0 Å². The molecule has 6 nitrogen and oxygen atoms in total. The van der Waals surface area contributed by atoms with Crippen molar-refractivity contribution in [2.24, 2.45) is 7.05 Å².